The molecule has 0 aliphatic rings. The molecule has 2 nitrogen and oxygen atoms in total. The molecule has 0 aliphatic heterocycles. The Morgan fingerprint density at radius 1 is 1.36 bits per heavy atom. The van der Waals surface area contributed by atoms with E-state index in [-0.39, 0.29) is 18.3 Å². The highest BCUT2D eigenvalue weighted by atomic mass is 19.1. The highest BCUT2D eigenvalue weighted by Gasteiger charge is 2.09. The fourth-order valence-electron chi connectivity index (χ4n) is 1.52. The summed E-state index contributed by atoms with van der Waals surface area (Å²) in [5, 5.41) is 11.9. The molecule has 0 aliphatic carbocycles. The minimum absolute atomic E-state index is 0.156. The van der Waals surface area contributed by atoms with Crippen LogP contribution in [0.4, 0.5) is 4.39 Å². The highest BCUT2D eigenvalue weighted by molar-refractivity contribution is 5.20. The molecule has 0 aromatic heterocycles. The maximum Gasteiger partial charge on any atom is 0.123 e. The van der Waals surface area contributed by atoms with Gasteiger partial charge in [0.25, 0.3) is 0 Å². The van der Waals surface area contributed by atoms with Gasteiger partial charge < -0.3 is 10.4 Å². The van der Waals surface area contributed by atoms with E-state index in [0.29, 0.717) is 6.42 Å². The van der Waals surface area contributed by atoms with Crippen molar-refractivity contribution in [1.82, 2.24) is 5.32 Å². The van der Waals surface area contributed by atoms with Gasteiger partial charge in [-0.1, -0.05) is 12.1 Å². The molecule has 0 amide bonds. The number of likely N-dealkylation sites (N-methyl/N-ethyl adjacent to an activating group) is 1. The Bertz CT molecular complexity index is 254. The van der Waals surface area contributed by atoms with Gasteiger partial charge in [0, 0.05) is 13.2 Å². The Labute approximate surface area is 83.8 Å². The number of aliphatic hydroxyl groups excluding tert-OH is 1. The summed E-state index contributed by atoms with van der Waals surface area (Å²) in [7, 11) is 1.87. The number of hydrogen-bond acceptors (Lipinski definition) is 2. The summed E-state index contributed by atoms with van der Waals surface area (Å²) in [6.07, 6.45) is 0.701. The van der Waals surface area contributed by atoms with Crippen LogP contribution < -0.4 is 5.32 Å². The van der Waals surface area contributed by atoms with E-state index in [0.717, 1.165) is 12.1 Å². The van der Waals surface area contributed by atoms with Crippen LogP contribution in [-0.4, -0.2) is 25.3 Å². The molecular weight excluding hydrogens is 181 g/mol. The van der Waals surface area contributed by atoms with Gasteiger partial charge in [0.2, 0.25) is 0 Å². The number of hydrogen-bond donors (Lipinski definition) is 2. The molecule has 0 spiro atoms. The van der Waals surface area contributed by atoms with E-state index in [1.165, 1.54) is 12.1 Å². The van der Waals surface area contributed by atoms with Gasteiger partial charge in [-0.05, 0) is 37.1 Å². The Morgan fingerprint density at radius 3 is 2.50 bits per heavy atom. The maximum atomic E-state index is 12.7. The van der Waals surface area contributed by atoms with Crippen LogP contribution in [0.25, 0.3) is 0 Å². The average molecular weight is 197 g/mol. The standard InChI is InChI=1S/C11H16FNO/c1-13-8-10(6-7-14)9-2-4-11(12)5-3-9/h2-5,10,13-14H,6-8H2,1H3/t10-/m1/s1. The van der Waals surface area contributed by atoms with Crippen molar-refractivity contribution in [1.29, 1.82) is 0 Å². The molecule has 0 radical (unpaired) electrons. The molecule has 0 unspecified atom stereocenters. The summed E-state index contributed by atoms with van der Waals surface area (Å²) >= 11 is 0. The molecule has 0 saturated carbocycles. The molecule has 1 aromatic carbocycles. The first-order valence-electron chi connectivity index (χ1n) is 4.79. The first-order valence-corrected chi connectivity index (χ1v) is 4.79. The molecule has 14 heavy (non-hydrogen) atoms. The van der Waals surface area contributed by atoms with Gasteiger partial charge in [0.05, 0.1) is 0 Å². The van der Waals surface area contributed by atoms with Gasteiger partial charge in [-0.15, -0.1) is 0 Å². The molecule has 2 N–H and O–H groups in total. The SMILES string of the molecule is CNC[C@@H](CCO)c1ccc(F)cc1. The van der Waals surface area contributed by atoms with Crippen LogP contribution in [0, 0.1) is 5.82 Å². The lowest BCUT2D eigenvalue weighted by Crippen LogP contribution is -2.18. The second-order valence-corrected chi connectivity index (χ2v) is 3.32. The van der Waals surface area contributed by atoms with E-state index in [1.807, 2.05) is 7.05 Å². The van der Waals surface area contributed by atoms with Crippen LogP contribution in [0.3, 0.4) is 0 Å². The van der Waals surface area contributed by atoms with Crippen molar-refractivity contribution in [3.8, 4) is 0 Å². The molecule has 0 heterocycles. The van der Waals surface area contributed by atoms with Gasteiger partial charge in [-0.2, -0.15) is 0 Å². The number of aliphatic hydroxyl groups is 1. The van der Waals surface area contributed by atoms with E-state index in [4.69, 9.17) is 5.11 Å². The third kappa shape index (κ3) is 3.09. The van der Waals surface area contributed by atoms with Crippen molar-refractivity contribution in [3.63, 3.8) is 0 Å². The van der Waals surface area contributed by atoms with Crippen molar-refractivity contribution in [2.45, 2.75) is 12.3 Å². The van der Waals surface area contributed by atoms with Crippen molar-refractivity contribution < 1.29 is 9.50 Å². The first-order chi connectivity index (χ1) is 6.77. The van der Waals surface area contributed by atoms with Crippen LogP contribution >= 0.6 is 0 Å². The summed E-state index contributed by atoms with van der Waals surface area (Å²) in [6, 6.07) is 6.45. The summed E-state index contributed by atoms with van der Waals surface area (Å²) < 4.78 is 12.7. The quantitative estimate of drug-likeness (QED) is 0.750. The van der Waals surface area contributed by atoms with Crippen LogP contribution in [0.5, 0.6) is 0 Å². The van der Waals surface area contributed by atoms with Crippen molar-refractivity contribution in [2.24, 2.45) is 0 Å². The minimum Gasteiger partial charge on any atom is -0.396 e. The van der Waals surface area contributed by atoms with Crippen molar-refractivity contribution >= 4 is 0 Å². The van der Waals surface area contributed by atoms with Gasteiger partial charge in [0.15, 0.2) is 0 Å². The van der Waals surface area contributed by atoms with Crippen LogP contribution in [-0.2, 0) is 0 Å². The van der Waals surface area contributed by atoms with E-state index in [1.54, 1.807) is 12.1 Å². The number of nitrogens with one attached hydrogen (secondary N) is 1. The zero-order chi connectivity index (χ0) is 10.4. The summed E-state index contributed by atoms with van der Waals surface area (Å²) in [4.78, 5) is 0. The largest absolute Gasteiger partial charge is 0.396 e. The van der Waals surface area contributed by atoms with Crippen LogP contribution in [0.1, 0.15) is 17.9 Å². The Balaban J connectivity index is 2.71. The number of rotatable bonds is 5. The lowest BCUT2D eigenvalue weighted by atomic mass is 9.96. The van der Waals surface area contributed by atoms with E-state index in [9.17, 15) is 4.39 Å². The average Bonchev–Trinajstić information content (AvgIpc) is 2.19. The molecule has 78 valence electrons. The summed E-state index contributed by atoms with van der Waals surface area (Å²) in [6.45, 7) is 0.954. The zero-order valence-corrected chi connectivity index (χ0v) is 8.33. The van der Waals surface area contributed by atoms with Crippen molar-refractivity contribution in [2.75, 3.05) is 20.2 Å². The Hall–Kier alpha value is -0.930. The monoisotopic (exact) mass is 197 g/mol. The zero-order valence-electron chi connectivity index (χ0n) is 8.33. The topological polar surface area (TPSA) is 32.3 Å². The third-order valence-corrected chi connectivity index (χ3v) is 2.27. The lowest BCUT2D eigenvalue weighted by molar-refractivity contribution is 0.274. The van der Waals surface area contributed by atoms with Gasteiger partial charge in [-0.3, -0.25) is 0 Å². The molecule has 1 rings (SSSR count). The molecule has 0 fully saturated rings. The van der Waals surface area contributed by atoms with Crippen LogP contribution in [0.2, 0.25) is 0 Å². The molecule has 1 atom stereocenters. The molecule has 0 saturated heterocycles. The van der Waals surface area contributed by atoms with E-state index >= 15 is 0 Å². The Morgan fingerprint density at radius 2 is 2.00 bits per heavy atom. The van der Waals surface area contributed by atoms with Crippen LogP contribution in [0.15, 0.2) is 24.3 Å². The molecule has 3 heteroatoms. The molecule has 1 aromatic rings. The molecule has 0 bridgehead atoms. The van der Waals surface area contributed by atoms with E-state index < -0.39 is 0 Å². The first kappa shape index (κ1) is 11.1. The predicted molar refractivity (Wildman–Crippen MR) is 54.8 cm³/mol. The fourth-order valence-corrected chi connectivity index (χ4v) is 1.52. The van der Waals surface area contributed by atoms with Gasteiger partial charge >= 0.3 is 0 Å². The minimum atomic E-state index is -0.221. The smallest absolute Gasteiger partial charge is 0.123 e. The highest BCUT2D eigenvalue weighted by Crippen LogP contribution is 2.18. The predicted octanol–water partition coefficient (Wildman–Crippen LogP) is 1.51. The lowest BCUT2D eigenvalue weighted by Gasteiger charge is -2.15. The Kier molecular flexibility index (Phi) is 4.56. The fraction of sp³-hybridized carbons (Fsp3) is 0.455. The number of halogens is 1. The summed E-state index contributed by atoms with van der Waals surface area (Å²) in [5.74, 6) is 0.0338. The van der Waals surface area contributed by atoms with Gasteiger partial charge in [-0.25, -0.2) is 4.39 Å². The molecular formula is C11H16FNO. The maximum absolute atomic E-state index is 12.7. The second kappa shape index (κ2) is 5.73. The van der Waals surface area contributed by atoms with Gasteiger partial charge in [0.1, 0.15) is 5.82 Å². The summed E-state index contributed by atoms with van der Waals surface area (Å²) in [5.41, 5.74) is 1.06. The third-order valence-electron chi connectivity index (χ3n) is 2.27. The van der Waals surface area contributed by atoms with Crippen molar-refractivity contribution in [3.05, 3.63) is 35.6 Å². The van der Waals surface area contributed by atoms with E-state index in [2.05, 4.69) is 5.32 Å². The number of benzene rings is 1. The second-order valence-electron chi connectivity index (χ2n) is 3.32. The normalized spacial score (nSPS) is 12.8.